The molecule has 0 unspecified atom stereocenters. The Morgan fingerprint density at radius 3 is 2.14 bits per heavy atom. The lowest BCUT2D eigenvalue weighted by Gasteiger charge is -2.23. The first-order valence-corrected chi connectivity index (χ1v) is 7.46. The number of ether oxygens (including phenoxy) is 1. The van der Waals surface area contributed by atoms with Crippen LogP contribution in [0, 0.1) is 0 Å². The molecule has 1 aliphatic rings. The number of carboxylic acid groups (broad SMARTS) is 1. The van der Waals surface area contributed by atoms with Gasteiger partial charge in [-0.25, -0.2) is 4.79 Å². The van der Waals surface area contributed by atoms with Crippen molar-refractivity contribution in [2.45, 2.75) is 51.2 Å². The molecule has 0 aromatic heterocycles. The number of anilines is 1. The zero-order chi connectivity index (χ0) is 16.5. The van der Waals surface area contributed by atoms with Crippen LogP contribution in [0.1, 0.15) is 39.2 Å². The monoisotopic (exact) mass is 305 g/mol. The maximum Gasteiger partial charge on any atom is 0.332 e. The standard InChI is InChI=1S/C17H23NO4/c1-17(2,3)11-5-7-12(8-6-11)18(4)15(19)13-9-10-14(22-13)16(20)21/h5-8,13-14H,9-10H2,1-4H3,(H,20,21)/t13-,14+/m0/s1. The van der Waals surface area contributed by atoms with Crippen LogP contribution in [0.4, 0.5) is 5.69 Å². The molecule has 1 heterocycles. The summed E-state index contributed by atoms with van der Waals surface area (Å²) in [5.74, 6) is -1.21. The molecule has 0 spiro atoms. The number of amides is 1. The highest BCUT2D eigenvalue weighted by Gasteiger charge is 2.36. The molecule has 1 N–H and O–H groups in total. The maximum absolute atomic E-state index is 12.4. The van der Waals surface area contributed by atoms with Crippen LogP contribution in [0.25, 0.3) is 0 Å². The first kappa shape index (κ1) is 16.5. The lowest BCUT2D eigenvalue weighted by molar-refractivity contribution is -0.151. The largest absolute Gasteiger partial charge is 0.479 e. The van der Waals surface area contributed by atoms with Crippen LogP contribution in [-0.4, -0.2) is 36.2 Å². The zero-order valence-electron chi connectivity index (χ0n) is 13.5. The van der Waals surface area contributed by atoms with Gasteiger partial charge in [0.2, 0.25) is 0 Å². The molecule has 120 valence electrons. The Kier molecular flexibility index (Phi) is 4.56. The summed E-state index contributed by atoms with van der Waals surface area (Å²) in [5.41, 5.74) is 2.03. The predicted molar refractivity (Wildman–Crippen MR) is 84.1 cm³/mol. The Morgan fingerprint density at radius 2 is 1.68 bits per heavy atom. The first-order valence-electron chi connectivity index (χ1n) is 7.46. The van der Waals surface area contributed by atoms with Gasteiger partial charge in [-0.1, -0.05) is 32.9 Å². The summed E-state index contributed by atoms with van der Waals surface area (Å²) in [5, 5.41) is 8.93. The Morgan fingerprint density at radius 1 is 1.14 bits per heavy atom. The molecule has 22 heavy (non-hydrogen) atoms. The second kappa shape index (κ2) is 6.08. The van der Waals surface area contributed by atoms with Crippen molar-refractivity contribution >= 4 is 17.6 Å². The van der Waals surface area contributed by atoms with Gasteiger partial charge in [-0.15, -0.1) is 0 Å². The lowest BCUT2D eigenvalue weighted by atomic mass is 9.87. The maximum atomic E-state index is 12.4. The predicted octanol–water partition coefficient (Wildman–Crippen LogP) is 2.58. The molecule has 1 amide bonds. The topological polar surface area (TPSA) is 66.8 Å². The van der Waals surface area contributed by atoms with Gasteiger partial charge in [-0.3, -0.25) is 4.79 Å². The van der Waals surface area contributed by atoms with Crippen molar-refractivity contribution in [3.05, 3.63) is 29.8 Å². The van der Waals surface area contributed by atoms with E-state index in [9.17, 15) is 9.59 Å². The summed E-state index contributed by atoms with van der Waals surface area (Å²) in [6.07, 6.45) is -0.720. The molecule has 0 bridgehead atoms. The van der Waals surface area contributed by atoms with Gasteiger partial charge in [0.05, 0.1) is 0 Å². The highest BCUT2D eigenvalue weighted by Crippen LogP contribution is 2.26. The number of nitrogens with zero attached hydrogens (tertiary/aromatic N) is 1. The molecule has 1 aliphatic heterocycles. The van der Waals surface area contributed by atoms with E-state index < -0.39 is 18.2 Å². The van der Waals surface area contributed by atoms with E-state index in [1.807, 2.05) is 24.3 Å². The van der Waals surface area contributed by atoms with Crippen LogP contribution in [0.2, 0.25) is 0 Å². The fourth-order valence-electron chi connectivity index (χ4n) is 2.53. The molecule has 1 saturated heterocycles. The summed E-state index contributed by atoms with van der Waals surface area (Å²) in [4.78, 5) is 24.8. The number of rotatable bonds is 3. The molecule has 0 saturated carbocycles. The number of hydrogen-bond acceptors (Lipinski definition) is 3. The molecule has 1 aromatic rings. The molecule has 0 aliphatic carbocycles. The number of hydrogen-bond donors (Lipinski definition) is 1. The van der Waals surface area contributed by atoms with Gasteiger partial charge >= 0.3 is 5.97 Å². The zero-order valence-corrected chi connectivity index (χ0v) is 13.5. The van der Waals surface area contributed by atoms with Crippen molar-refractivity contribution in [2.75, 3.05) is 11.9 Å². The summed E-state index contributed by atoms with van der Waals surface area (Å²) in [6, 6.07) is 7.83. The smallest absolute Gasteiger partial charge is 0.332 e. The van der Waals surface area contributed by atoms with E-state index in [0.717, 1.165) is 5.69 Å². The van der Waals surface area contributed by atoms with E-state index in [0.29, 0.717) is 12.8 Å². The van der Waals surface area contributed by atoms with Crippen molar-refractivity contribution < 1.29 is 19.4 Å². The van der Waals surface area contributed by atoms with E-state index in [1.54, 1.807) is 7.05 Å². The molecule has 5 heteroatoms. The van der Waals surface area contributed by atoms with E-state index in [1.165, 1.54) is 10.5 Å². The Hall–Kier alpha value is -1.88. The van der Waals surface area contributed by atoms with Gasteiger partial charge in [0.15, 0.2) is 6.10 Å². The average Bonchev–Trinajstić information content (AvgIpc) is 2.95. The molecule has 5 nitrogen and oxygen atoms in total. The molecular weight excluding hydrogens is 282 g/mol. The van der Waals surface area contributed by atoms with E-state index >= 15 is 0 Å². The number of likely N-dealkylation sites (N-methyl/N-ethyl adjacent to an activating group) is 1. The normalized spacial score (nSPS) is 21.6. The summed E-state index contributed by atoms with van der Waals surface area (Å²) >= 11 is 0. The van der Waals surface area contributed by atoms with E-state index in [2.05, 4.69) is 20.8 Å². The van der Waals surface area contributed by atoms with Gasteiger partial charge in [-0.2, -0.15) is 0 Å². The first-order chi connectivity index (χ1) is 10.2. The number of carboxylic acids is 1. The summed E-state index contributed by atoms with van der Waals surface area (Å²) in [7, 11) is 1.69. The van der Waals surface area contributed by atoms with Gasteiger partial charge in [0.25, 0.3) is 5.91 Å². The SMILES string of the molecule is CN(C(=O)[C@@H]1CC[C@H](C(=O)O)O1)c1ccc(C(C)(C)C)cc1. The van der Waals surface area contributed by atoms with Crippen LogP contribution in [0.5, 0.6) is 0 Å². The van der Waals surface area contributed by atoms with Gasteiger partial charge in [-0.05, 0) is 36.0 Å². The Balaban J connectivity index is 2.06. The molecular formula is C17H23NO4. The third-order valence-corrected chi connectivity index (χ3v) is 4.02. The second-order valence-corrected chi connectivity index (χ2v) is 6.72. The van der Waals surface area contributed by atoms with E-state index in [-0.39, 0.29) is 11.3 Å². The third-order valence-electron chi connectivity index (χ3n) is 4.02. The van der Waals surface area contributed by atoms with Crippen molar-refractivity contribution in [1.29, 1.82) is 0 Å². The second-order valence-electron chi connectivity index (χ2n) is 6.72. The number of aliphatic carboxylic acids is 1. The number of carbonyl (C=O) groups excluding carboxylic acids is 1. The molecule has 1 fully saturated rings. The molecule has 0 radical (unpaired) electrons. The van der Waals surface area contributed by atoms with Crippen LogP contribution >= 0.6 is 0 Å². The van der Waals surface area contributed by atoms with Crippen LogP contribution in [0.3, 0.4) is 0 Å². The minimum Gasteiger partial charge on any atom is -0.479 e. The van der Waals surface area contributed by atoms with Gasteiger partial charge in [0, 0.05) is 12.7 Å². The highest BCUT2D eigenvalue weighted by atomic mass is 16.5. The minimum atomic E-state index is -1.01. The van der Waals surface area contributed by atoms with Gasteiger partial charge < -0.3 is 14.7 Å². The average molecular weight is 305 g/mol. The number of carbonyl (C=O) groups is 2. The lowest BCUT2D eigenvalue weighted by Crippen LogP contribution is -2.37. The van der Waals surface area contributed by atoms with Gasteiger partial charge in [0.1, 0.15) is 6.10 Å². The quantitative estimate of drug-likeness (QED) is 0.932. The van der Waals surface area contributed by atoms with Crippen molar-refractivity contribution in [3.8, 4) is 0 Å². The van der Waals surface area contributed by atoms with E-state index in [4.69, 9.17) is 9.84 Å². The van der Waals surface area contributed by atoms with Crippen LogP contribution in [-0.2, 0) is 19.7 Å². The summed E-state index contributed by atoms with van der Waals surface area (Å²) in [6.45, 7) is 6.40. The minimum absolute atomic E-state index is 0.0599. The highest BCUT2D eigenvalue weighted by molar-refractivity contribution is 5.96. The molecule has 2 rings (SSSR count). The van der Waals surface area contributed by atoms with Crippen molar-refractivity contribution in [2.24, 2.45) is 0 Å². The fourth-order valence-corrected chi connectivity index (χ4v) is 2.53. The summed E-state index contributed by atoms with van der Waals surface area (Å²) < 4.78 is 5.31. The van der Waals surface area contributed by atoms with Crippen LogP contribution < -0.4 is 4.90 Å². The molecule has 1 aromatic carbocycles. The third kappa shape index (κ3) is 3.47. The number of benzene rings is 1. The Bertz CT molecular complexity index is 559. The Labute approximate surface area is 130 Å². The van der Waals surface area contributed by atoms with Crippen molar-refractivity contribution in [1.82, 2.24) is 0 Å². The fraction of sp³-hybridized carbons (Fsp3) is 0.529. The molecule has 2 atom stereocenters. The van der Waals surface area contributed by atoms with Crippen molar-refractivity contribution in [3.63, 3.8) is 0 Å². The van der Waals surface area contributed by atoms with Crippen LogP contribution in [0.15, 0.2) is 24.3 Å².